The van der Waals surface area contributed by atoms with Gasteiger partial charge in [0.15, 0.2) is 0 Å². The lowest BCUT2D eigenvalue weighted by atomic mass is 9.85. The second-order valence-electron chi connectivity index (χ2n) is 7.24. The van der Waals surface area contributed by atoms with Gasteiger partial charge in [0, 0.05) is 30.2 Å². The highest BCUT2D eigenvalue weighted by molar-refractivity contribution is 7.92. The Kier molecular flexibility index (Phi) is 6.09. The molecule has 0 radical (unpaired) electrons. The molecule has 0 spiro atoms. The summed E-state index contributed by atoms with van der Waals surface area (Å²) in [6.07, 6.45) is -5.49. The maximum atomic E-state index is 12.3. The fourth-order valence-electron chi connectivity index (χ4n) is 3.83. The van der Waals surface area contributed by atoms with Crippen LogP contribution in [0.1, 0.15) is 35.4 Å². The van der Waals surface area contributed by atoms with Gasteiger partial charge in [-0.1, -0.05) is 24.3 Å². The lowest BCUT2D eigenvalue weighted by Gasteiger charge is -2.21. The molecule has 0 saturated heterocycles. The minimum Gasteiger partial charge on any atom is -0.508 e. The van der Waals surface area contributed by atoms with Crippen LogP contribution in [-0.4, -0.2) is 37.2 Å². The van der Waals surface area contributed by atoms with Crippen LogP contribution in [0.25, 0.3) is 0 Å². The van der Waals surface area contributed by atoms with Gasteiger partial charge in [0.05, 0.1) is 5.75 Å². The van der Waals surface area contributed by atoms with Crippen LogP contribution in [0.5, 0.6) is 5.75 Å². The normalized spacial score (nSPS) is 19.2. The first kappa shape index (κ1) is 21.4. The maximum Gasteiger partial charge on any atom is 0.389 e. The number of halogens is 3. The molecule has 0 aliphatic heterocycles. The van der Waals surface area contributed by atoms with Crippen molar-refractivity contribution in [3.05, 3.63) is 59.2 Å². The van der Waals surface area contributed by atoms with Crippen molar-refractivity contribution in [2.24, 2.45) is 5.92 Å². The number of fused-ring (bicyclic) bond motifs is 1. The molecule has 0 unspecified atom stereocenters. The summed E-state index contributed by atoms with van der Waals surface area (Å²) in [5, 5.41) is 20.2. The molecule has 2 atom stereocenters. The Hall–Kier alpha value is -2.26. The molecule has 2 aromatic rings. The number of phenols is 1. The highest BCUT2D eigenvalue weighted by Crippen LogP contribution is 2.45. The smallest absolute Gasteiger partial charge is 0.389 e. The predicted molar refractivity (Wildman–Crippen MR) is 103 cm³/mol. The van der Waals surface area contributed by atoms with E-state index < -0.39 is 34.8 Å². The van der Waals surface area contributed by atoms with Crippen LogP contribution < -0.4 is 4.72 Å². The molecular weight excluding hydrogens is 407 g/mol. The monoisotopic (exact) mass is 429 g/mol. The summed E-state index contributed by atoms with van der Waals surface area (Å²) < 4.78 is 63.3. The molecule has 2 aromatic carbocycles. The maximum absolute atomic E-state index is 12.3. The Bertz CT molecular complexity index is 976. The van der Waals surface area contributed by atoms with Gasteiger partial charge < -0.3 is 10.2 Å². The van der Waals surface area contributed by atoms with Crippen LogP contribution in [0.15, 0.2) is 42.5 Å². The number of rotatable bonds is 7. The molecule has 158 valence electrons. The Labute approximate surface area is 167 Å². The first-order chi connectivity index (χ1) is 13.6. The summed E-state index contributed by atoms with van der Waals surface area (Å²) in [6, 6.07) is 11.8. The number of hydrogen-bond acceptors (Lipinski definition) is 4. The zero-order valence-electron chi connectivity index (χ0n) is 15.5. The van der Waals surface area contributed by atoms with Crippen LogP contribution in [0.3, 0.4) is 0 Å². The number of benzene rings is 2. The van der Waals surface area contributed by atoms with Gasteiger partial charge in [0.1, 0.15) is 5.75 Å². The molecule has 3 rings (SSSR count). The molecule has 3 N–H and O–H groups in total. The predicted octanol–water partition coefficient (Wildman–Crippen LogP) is 3.77. The molecule has 0 amide bonds. The number of nitrogens with one attached hydrogen (secondary N) is 1. The summed E-state index contributed by atoms with van der Waals surface area (Å²) in [6.45, 7) is -0.105. The largest absolute Gasteiger partial charge is 0.508 e. The van der Waals surface area contributed by atoms with E-state index in [9.17, 15) is 31.8 Å². The van der Waals surface area contributed by atoms with Crippen molar-refractivity contribution < 1.29 is 31.8 Å². The average Bonchev–Trinajstić information content (AvgIpc) is 3.00. The topological polar surface area (TPSA) is 86.6 Å². The van der Waals surface area contributed by atoms with Gasteiger partial charge in [0.25, 0.3) is 0 Å². The molecule has 0 heterocycles. The van der Waals surface area contributed by atoms with Gasteiger partial charge in [0.2, 0.25) is 10.0 Å². The minimum atomic E-state index is -4.41. The van der Waals surface area contributed by atoms with Crippen LogP contribution in [0.2, 0.25) is 0 Å². The van der Waals surface area contributed by atoms with Gasteiger partial charge in [-0.15, -0.1) is 0 Å². The number of aliphatic hydroxyl groups excluding tert-OH is 1. The number of aromatic hydroxyl groups is 1. The van der Waals surface area contributed by atoms with Crippen LogP contribution >= 0.6 is 0 Å². The zero-order chi connectivity index (χ0) is 21.2. The van der Waals surface area contributed by atoms with Crippen molar-refractivity contribution in [1.82, 2.24) is 0 Å². The second-order valence-corrected chi connectivity index (χ2v) is 9.08. The SMILES string of the molecule is O=S(=O)(CCCC(F)(F)F)Nc1ccc(O)c([C@@H]2c3ccccc3C[C@H]2CO)c1. The van der Waals surface area contributed by atoms with E-state index >= 15 is 0 Å². The number of phenolic OH excluding ortho intramolecular Hbond substituents is 1. The molecule has 0 saturated carbocycles. The van der Waals surface area contributed by atoms with Crippen LogP contribution in [0.4, 0.5) is 18.9 Å². The first-order valence-corrected chi connectivity index (χ1v) is 10.8. The lowest BCUT2D eigenvalue weighted by molar-refractivity contribution is -0.134. The zero-order valence-corrected chi connectivity index (χ0v) is 16.3. The number of anilines is 1. The third kappa shape index (κ3) is 5.22. The molecule has 29 heavy (non-hydrogen) atoms. The van der Waals surface area contributed by atoms with Crippen molar-refractivity contribution in [3.63, 3.8) is 0 Å². The molecule has 0 fully saturated rings. The second kappa shape index (κ2) is 8.23. The van der Waals surface area contributed by atoms with E-state index in [1.807, 2.05) is 24.3 Å². The van der Waals surface area contributed by atoms with Gasteiger partial charge in [-0.3, -0.25) is 4.72 Å². The van der Waals surface area contributed by atoms with Crippen LogP contribution in [0, 0.1) is 5.92 Å². The minimum absolute atomic E-state index is 0.0369. The molecule has 1 aliphatic carbocycles. The summed E-state index contributed by atoms with van der Waals surface area (Å²) in [4.78, 5) is 0. The molecule has 1 aliphatic rings. The van der Waals surface area contributed by atoms with Crippen LogP contribution in [-0.2, 0) is 16.4 Å². The lowest BCUT2D eigenvalue weighted by Crippen LogP contribution is -2.19. The summed E-state index contributed by atoms with van der Waals surface area (Å²) in [5.74, 6) is -1.18. The van der Waals surface area contributed by atoms with Crippen molar-refractivity contribution in [3.8, 4) is 5.75 Å². The van der Waals surface area contributed by atoms with Crippen molar-refractivity contribution in [1.29, 1.82) is 0 Å². The molecule has 0 aromatic heterocycles. The fourth-order valence-corrected chi connectivity index (χ4v) is 4.94. The van der Waals surface area contributed by atoms with E-state index in [4.69, 9.17) is 0 Å². The van der Waals surface area contributed by atoms with Gasteiger partial charge >= 0.3 is 6.18 Å². The number of sulfonamides is 1. The van der Waals surface area contributed by atoms with E-state index in [2.05, 4.69) is 4.72 Å². The Morgan fingerprint density at radius 1 is 1.10 bits per heavy atom. The van der Waals surface area contributed by atoms with E-state index in [0.29, 0.717) is 12.0 Å². The molecule has 0 bridgehead atoms. The summed E-state index contributed by atoms with van der Waals surface area (Å²) in [7, 11) is -3.97. The van der Waals surface area contributed by atoms with Gasteiger partial charge in [-0.05, 0) is 48.1 Å². The third-order valence-electron chi connectivity index (χ3n) is 5.09. The van der Waals surface area contributed by atoms with Crippen molar-refractivity contribution >= 4 is 15.7 Å². The van der Waals surface area contributed by atoms with E-state index in [-0.39, 0.29) is 29.9 Å². The number of alkyl halides is 3. The van der Waals surface area contributed by atoms with E-state index in [1.54, 1.807) is 0 Å². The molecular formula is C20H22F3NO4S. The standard InChI is InChI=1S/C20H22F3NO4S/c21-20(22,23)8-3-9-29(27,28)24-15-6-7-18(26)17(11-15)19-14(12-25)10-13-4-1-2-5-16(13)19/h1-2,4-7,11,14,19,24-26H,3,8-10,12H2/t14-,19-/m0/s1. The summed E-state index contributed by atoms with van der Waals surface area (Å²) in [5.41, 5.74) is 2.62. The van der Waals surface area contributed by atoms with E-state index in [1.165, 1.54) is 18.2 Å². The summed E-state index contributed by atoms with van der Waals surface area (Å²) >= 11 is 0. The molecule has 5 nitrogen and oxygen atoms in total. The highest BCUT2D eigenvalue weighted by Gasteiger charge is 2.34. The Morgan fingerprint density at radius 3 is 2.52 bits per heavy atom. The quantitative estimate of drug-likeness (QED) is 0.585. The van der Waals surface area contributed by atoms with Gasteiger partial charge in [-0.25, -0.2) is 8.42 Å². The highest BCUT2D eigenvalue weighted by atomic mass is 32.2. The van der Waals surface area contributed by atoms with E-state index in [0.717, 1.165) is 11.1 Å². The Balaban J connectivity index is 1.83. The molecule has 9 heteroatoms. The van der Waals surface area contributed by atoms with Gasteiger partial charge in [-0.2, -0.15) is 13.2 Å². The number of aliphatic hydroxyl groups is 1. The fraction of sp³-hybridized carbons (Fsp3) is 0.400. The van der Waals surface area contributed by atoms with Crippen molar-refractivity contribution in [2.75, 3.05) is 17.1 Å². The first-order valence-electron chi connectivity index (χ1n) is 9.18. The number of hydrogen-bond donors (Lipinski definition) is 3. The third-order valence-corrected chi connectivity index (χ3v) is 6.46. The Morgan fingerprint density at radius 2 is 1.83 bits per heavy atom. The average molecular weight is 429 g/mol. The van der Waals surface area contributed by atoms with Crippen molar-refractivity contribution in [2.45, 2.75) is 31.4 Å².